The average Bonchev–Trinajstić information content (AvgIpc) is 3.04. The third kappa shape index (κ3) is 3.31. The maximum Gasteiger partial charge on any atom is 0.296 e. The molecule has 2 heterocycles. The fraction of sp³-hybridized carbons (Fsp3) is 0.125. The van der Waals surface area contributed by atoms with Crippen molar-refractivity contribution in [3.8, 4) is 17.1 Å². The Morgan fingerprint density at radius 3 is 2.76 bits per heavy atom. The molecule has 0 atom stereocenters. The van der Waals surface area contributed by atoms with E-state index in [1.807, 2.05) is 19.1 Å². The van der Waals surface area contributed by atoms with Crippen molar-refractivity contribution in [3.05, 3.63) is 56.7 Å². The molecule has 25 heavy (non-hydrogen) atoms. The van der Waals surface area contributed by atoms with Crippen molar-refractivity contribution >= 4 is 27.5 Å². The predicted molar refractivity (Wildman–Crippen MR) is 93.5 cm³/mol. The van der Waals surface area contributed by atoms with Gasteiger partial charge in [0.25, 0.3) is 11.5 Å². The Hall–Kier alpha value is -2.94. The molecule has 0 aliphatic heterocycles. The molecule has 0 saturated heterocycles. The zero-order valence-corrected chi connectivity index (χ0v) is 14.9. The molecule has 128 valence electrons. The molecular weight excluding hydrogens is 392 g/mol. The average molecular weight is 405 g/mol. The minimum atomic E-state index is -0.744. The highest BCUT2D eigenvalue weighted by molar-refractivity contribution is 9.10. The largest absolute Gasteiger partial charge is 0.501 e. The van der Waals surface area contributed by atoms with Gasteiger partial charge in [-0.25, -0.2) is 4.98 Å². The standard InChI is InChI=1S/C16H13BrN4O4/c1-8-3-9(5-10(17)4-8)14-20-12(13(22)16(24)21(14)2)15(23)19-11-6-18-25-7-11/h3-7,22H,1-2H3,(H,19,23). The number of hydrogen-bond acceptors (Lipinski definition) is 6. The van der Waals surface area contributed by atoms with Crippen LogP contribution in [0.1, 0.15) is 16.1 Å². The van der Waals surface area contributed by atoms with Crippen LogP contribution in [0.5, 0.6) is 5.75 Å². The maximum atomic E-state index is 12.4. The first-order valence-electron chi connectivity index (χ1n) is 7.15. The van der Waals surface area contributed by atoms with Gasteiger partial charge in [-0.2, -0.15) is 0 Å². The summed E-state index contributed by atoms with van der Waals surface area (Å²) in [6.45, 7) is 1.90. The molecule has 0 fully saturated rings. The smallest absolute Gasteiger partial charge is 0.296 e. The molecule has 2 N–H and O–H groups in total. The molecule has 0 spiro atoms. The monoisotopic (exact) mass is 404 g/mol. The quantitative estimate of drug-likeness (QED) is 0.693. The molecule has 2 aromatic heterocycles. The first-order valence-corrected chi connectivity index (χ1v) is 7.94. The lowest BCUT2D eigenvalue weighted by molar-refractivity contribution is 0.101. The molecule has 3 aromatic rings. The van der Waals surface area contributed by atoms with Crippen LogP contribution in [0.4, 0.5) is 5.69 Å². The van der Waals surface area contributed by atoms with Gasteiger partial charge in [-0.05, 0) is 30.7 Å². The molecular formula is C16H13BrN4O4. The summed E-state index contributed by atoms with van der Waals surface area (Å²) in [5.74, 6) is -1.22. The summed E-state index contributed by atoms with van der Waals surface area (Å²) < 4.78 is 6.62. The summed E-state index contributed by atoms with van der Waals surface area (Å²) in [6, 6.07) is 5.50. The van der Waals surface area contributed by atoms with Crippen molar-refractivity contribution in [2.24, 2.45) is 7.05 Å². The van der Waals surface area contributed by atoms with E-state index in [-0.39, 0.29) is 17.2 Å². The second-order valence-corrected chi connectivity index (χ2v) is 6.30. The Morgan fingerprint density at radius 2 is 2.12 bits per heavy atom. The number of halogens is 1. The van der Waals surface area contributed by atoms with Crippen molar-refractivity contribution in [2.75, 3.05) is 5.32 Å². The summed E-state index contributed by atoms with van der Waals surface area (Å²) in [4.78, 5) is 28.9. The fourth-order valence-corrected chi connectivity index (χ4v) is 2.94. The number of aromatic nitrogens is 3. The number of rotatable bonds is 3. The van der Waals surface area contributed by atoms with Gasteiger partial charge in [-0.3, -0.25) is 14.2 Å². The second-order valence-electron chi connectivity index (χ2n) is 5.38. The Morgan fingerprint density at radius 1 is 1.36 bits per heavy atom. The molecule has 1 aromatic carbocycles. The van der Waals surface area contributed by atoms with Gasteiger partial charge in [0, 0.05) is 17.1 Å². The number of aryl methyl sites for hydroxylation is 1. The Bertz CT molecular complexity index is 991. The molecule has 9 heteroatoms. The van der Waals surface area contributed by atoms with E-state index in [2.05, 4.69) is 35.9 Å². The van der Waals surface area contributed by atoms with Crippen LogP contribution in [0, 0.1) is 6.92 Å². The highest BCUT2D eigenvalue weighted by atomic mass is 79.9. The van der Waals surface area contributed by atoms with Gasteiger partial charge in [0.1, 0.15) is 17.8 Å². The molecule has 0 unspecified atom stereocenters. The summed E-state index contributed by atoms with van der Waals surface area (Å²) >= 11 is 3.39. The summed E-state index contributed by atoms with van der Waals surface area (Å²) in [6.07, 6.45) is 2.50. The minimum Gasteiger partial charge on any atom is -0.501 e. The van der Waals surface area contributed by atoms with Gasteiger partial charge in [0.2, 0.25) is 5.75 Å². The summed E-state index contributed by atoms with van der Waals surface area (Å²) in [5, 5.41) is 16.0. The third-order valence-corrected chi connectivity index (χ3v) is 3.93. The van der Waals surface area contributed by atoms with Crippen LogP contribution in [0.3, 0.4) is 0 Å². The van der Waals surface area contributed by atoms with Crippen LogP contribution < -0.4 is 10.9 Å². The zero-order chi connectivity index (χ0) is 18.1. The van der Waals surface area contributed by atoms with Crippen molar-refractivity contribution in [1.29, 1.82) is 0 Å². The van der Waals surface area contributed by atoms with Gasteiger partial charge in [-0.1, -0.05) is 21.1 Å². The van der Waals surface area contributed by atoms with E-state index >= 15 is 0 Å². The summed E-state index contributed by atoms with van der Waals surface area (Å²) in [7, 11) is 1.47. The van der Waals surface area contributed by atoms with Gasteiger partial charge in [-0.15, -0.1) is 0 Å². The van der Waals surface area contributed by atoms with Crippen LogP contribution >= 0.6 is 15.9 Å². The lowest BCUT2D eigenvalue weighted by Gasteiger charge is -2.12. The Kier molecular flexibility index (Phi) is 4.41. The lowest BCUT2D eigenvalue weighted by atomic mass is 10.1. The van der Waals surface area contributed by atoms with E-state index in [9.17, 15) is 14.7 Å². The van der Waals surface area contributed by atoms with Crippen molar-refractivity contribution in [2.45, 2.75) is 6.92 Å². The normalized spacial score (nSPS) is 10.7. The van der Waals surface area contributed by atoms with E-state index in [0.717, 1.165) is 10.0 Å². The number of anilines is 1. The highest BCUT2D eigenvalue weighted by Crippen LogP contribution is 2.24. The molecule has 0 saturated carbocycles. The second kappa shape index (κ2) is 6.52. The van der Waals surface area contributed by atoms with E-state index in [1.165, 1.54) is 24.1 Å². The van der Waals surface area contributed by atoms with Gasteiger partial charge >= 0.3 is 0 Å². The number of aromatic hydroxyl groups is 1. The lowest BCUT2D eigenvalue weighted by Crippen LogP contribution is -2.25. The maximum absolute atomic E-state index is 12.4. The van der Waals surface area contributed by atoms with E-state index in [1.54, 1.807) is 6.07 Å². The fourth-order valence-electron chi connectivity index (χ4n) is 2.33. The predicted octanol–water partition coefficient (Wildman–Crippen LogP) is 2.46. The highest BCUT2D eigenvalue weighted by Gasteiger charge is 2.21. The van der Waals surface area contributed by atoms with Crippen LogP contribution in [-0.2, 0) is 7.05 Å². The van der Waals surface area contributed by atoms with Gasteiger partial charge in [0.15, 0.2) is 5.69 Å². The number of benzene rings is 1. The minimum absolute atomic E-state index is 0.252. The third-order valence-electron chi connectivity index (χ3n) is 3.47. The van der Waals surface area contributed by atoms with Crippen molar-refractivity contribution in [3.63, 3.8) is 0 Å². The summed E-state index contributed by atoms with van der Waals surface area (Å²) in [5.41, 5.74) is 0.759. The number of hydrogen-bond donors (Lipinski definition) is 2. The molecule has 0 aliphatic rings. The topological polar surface area (TPSA) is 110 Å². The molecule has 1 amide bonds. The number of carbonyl (C=O) groups is 1. The molecule has 0 aliphatic carbocycles. The van der Waals surface area contributed by atoms with Gasteiger partial charge in [0.05, 0.1) is 6.20 Å². The SMILES string of the molecule is Cc1cc(Br)cc(-c2nc(C(=O)Nc3cnoc3)c(O)c(=O)n2C)c1. The number of carbonyl (C=O) groups excluding carboxylic acids is 1. The Balaban J connectivity index is 2.13. The van der Waals surface area contributed by atoms with Crippen molar-refractivity contribution in [1.82, 2.24) is 14.7 Å². The van der Waals surface area contributed by atoms with E-state index < -0.39 is 17.2 Å². The van der Waals surface area contributed by atoms with Crippen LogP contribution in [0.25, 0.3) is 11.4 Å². The number of nitrogens with one attached hydrogen (secondary N) is 1. The number of amides is 1. The molecule has 0 radical (unpaired) electrons. The Labute approximate surface area is 150 Å². The first kappa shape index (κ1) is 16.9. The van der Waals surface area contributed by atoms with Crippen molar-refractivity contribution < 1.29 is 14.4 Å². The molecule has 0 bridgehead atoms. The molecule has 3 rings (SSSR count). The van der Waals surface area contributed by atoms with Crippen LogP contribution in [0.15, 0.2) is 44.4 Å². The number of nitrogens with zero attached hydrogens (tertiary/aromatic N) is 3. The van der Waals surface area contributed by atoms with Crippen LogP contribution in [0.2, 0.25) is 0 Å². The van der Waals surface area contributed by atoms with E-state index in [0.29, 0.717) is 5.56 Å². The first-order chi connectivity index (χ1) is 11.9. The zero-order valence-electron chi connectivity index (χ0n) is 13.3. The molecule has 8 nitrogen and oxygen atoms in total. The van der Waals surface area contributed by atoms with E-state index in [4.69, 9.17) is 0 Å². The van der Waals surface area contributed by atoms with Crippen LogP contribution in [-0.4, -0.2) is 25.7 Å². The van der Waals surface area contributed by atoms with Gasteiger partial charge < -0.3 is 14.9 Å².